The number of amides is 1. The second kappa shape index (κ2) is 11.2. The van der Waals surface area contributed by atoms with E-state index in [0.717, 1.165) is 70.2 Å². The highest BCUT2D eigenvalue weighted by atomic mass is 16.7. The molecule has 6 rings (SSSR count). The van der Waals surface area contributed by atoms with Gasteiger partial charge >= 0.3 is 0 Å². The highest BCUT2D eigenvalue weighted by Gasteiger charge is 2.24. The molecule has 1 saturated carbocycles. The van der Waals surface area contributed by atoms with Gasteiger partial charge in [-0.1, -0.05) is 26.2 Å². The van der Waals surface area contributed by atoms with Gasteiger partial charge in [0.15, 0.2) is 11.5 Å². The molecule has 2 aromatic rings. The van der Waals surface area contributed by atoms with Crippen LogP contribution in [0.25, 0.3) is 0 Å². The van der Waals surface area contributed by atoms with Gasteiger partial charge in [-0.15, -0.1) is 0 Å². The standard InChI is InChI=1S/C14H17NO3.C13H19N3O.H2/c16-14(15-11-4-2-1-3-5-11)10-6-7-12-13(8-10)18-9-17-12;1-2-15-6-8-16(9-7-15)13-11-4-10-17-12(11)3-5-14-13;/h6-8,11H,1-5,9H2,(H,15,16);3,5H,2,4,6-10H2,1H3;1H. The topological polar surface area (TPSA) is 76.2 Å². The molecule has 1 N–H and O–H groups in total. The fourth-order valence-corrected chi connectivity index (χ4v) is 5.20. The predicted molar refractivity (Wildman–Crippen MR) is 137 cm³/mol. The van der Waals surface area contributed by atoms with Crippen LogP contribution in [0.2, 0.25) is 0 Å². The first-order valence-electron chi connectivity index (χ1n) is 13.0. The number of pyridine rings is 1. The zero-order valence-electron chi connectivity index (χ0n) is 20.6. The smallest absolute Gasteiger partial charge is 0.251 e. The van der Waals surface area contributed by atoms with Crippen molar-refractivity contribution in [1.82, 2.24) is 15.2 Å². The summed E-state index contributed by atoms with van der Waals surface area (Å²) in [5.74, 6) is 3.54. The van der Waals surface area contributed by atoms with Crippen LogP contribution < -0.4 is 24.4 Å². The number of fused-ring (bicyclic) bond motifs is 2. The summed E-state index contributed by atoms with van der Waals surface area (Å²) in [7, 11) is 0. The first kappa shape index (κ1) is 23.7. The molecule has 2 fully saturated rings. The Morgan fingerprint density at radius 3 is 2.63 bits per heavy atom. The lowest BCUT2D eigenvalue weighted by molar-refractivity contribution is 0.0927. The summed E-state index contributed by atoms with van der Waals surface area (Å²) in [5, 5.41) is 3.09. The third kappa shape index (κ3) is 5.64. The van der Waals surface area contributed by atoms with Crippen LogP contribution in [0, 0.1) is 0 Å². The largest absolute Gasteiger partial charge is 0.493 e. The summed E-state index contributed by atoms with van der Waals surface area (Å²) in [6.45, 7) is 8.87. The lowest BCUT2D eigenvalue weighted by Gasteiger charge is -2.35. The van der Waals surface area contributed by atoms with Gasteiger partial charge in [0, 0.05) is 57.4 Å². The van der Waals surface area contributed by atoms with E-state index in [1.165, 1.54) is 24.8 Å². The quantitative estimate of drug-likeness (QED) is 0.709. The Balaban J connectivity index is 0.000000165. The van der Waals surface area contributed by atoms with Crippen molar-refractivity contribution >= 4 is 11.7 Å². The van der Waals surface area contributed by atoms with E-state index in [0.29, 0.717) is 23.1 Å². The van der Waals surface area contributed by atoms with Gasteiger partial charge in [0.25, 0.3) is 5.91 Å². The normalized spacial score (nSPS) is 19.4. The number of aromatic nitrogens is 1. The summed E-state index contributed by atoms with van der Waals surface area (Å²) >= 11 is 0. The van der Waals surface area contributed by atoms with Gasteiger partial charge in [0.1, 0.15) is 11.6 Å². The molecule has 4 heterocycles. The number of piperazine rings is 1. The maximum absolute atomic E-state index is 12.1. The van der Waals surface area contributed by atoms with Gasteiger partial charge in [-0.05, 0) is 43.7 Å². The lowest BCUT2D eigenvalue weighted by Crippen LogP contribution is -2.46. The van der Waals surface area contributed by atoms with Gasteiger partial charge in [-0.3, -0.25) is 4.79 Å². The summed E-state index contributed by atoms with van der Waals surface area (Å²) < 4.78 is 16.1. The van der Waals surface area contributed by atoms with Crippen LogP contribution in [0.3, 0.4) is 0 Å². The second-order valence-corrected chi connectivity index (χ2v) is 9.51. The number of nitrogens with one attached hydrogen (secondary N) is 1. The minimum atomic E-state index is -0.0137. The van der Waals surface area contributed by atoms with Gasteiger partial charge in [-0.2, -0.15) is 0 Å². The van der Waals surface area contributed by atoms with Crippen LogP contribution in [0.15, 0.2) is 30.5 Å². The second-order valence-electron chi connectivity index (χ2n) is 9.51. The molecule has 8 heteroatoms. The van der Waals surface area contributed by atoms with Gasteiger partial charge in [0.05, 0.1) is 6.61 Å². The molecule has 1 aromatic carbocycles. The lowest BCUT2D eigenvalue weighted by atomic mass is 9.95. The molecule has 35 heavy (non-hydrogen) atoms. The fourth-order valence-electron chi connectivity index (χ4n) is 5.20. The molecule has 0 spiro atoms. The maximum atomic E-state index is 12.1. The predicted octanol–water partition coefficient (Wildman–Crippen LogP) is 3.88. The highest BCUT2D eigenvalue weighted by Crippen LogP contribution is 2.33. The van der Waals surface area contributed by atoms with Crippen molar-refractivity contribution in [3.63, 3.8) is 0 Å². The third-order valence-corrected chi connectivity index (χ3v) is 7.29. The minimum absolute atomic E-state index is 0. The van der Waals surface area contributed by atoms with Gasteiger partial charge in [-0.25, -0.2) is 4.98 Å². The third-order valence-electron chi connectivity index (χ3n) is 7.29. The Hall–Kier alpha value is -3.00. The van der Waals surface area contributed by atoms with E-state index >= 15 is 0 Å². The molecule has 1 aromatic heterocycles. The maximum Gasteiger partial charge on any atom is 0.251 e. The SMILES string of the molecule is CCN1CCN(c2nccc3c2CCO3)CC1.O=C(NC1CCCCC1)c1ccc2c(c1)OCO2.[HH]. The molecule has 1 amide bonds. The molecular formula is C27H38N4O4. The molecule has 0 unspecified atom stereocenters. The summed E-state index contributed by atoms with van der Waals surface area (Å²) in [6, 6.07) is 7.63. The van der Waals surface area contributed by atoms with Crippen molar-refractivity contribution in [2.75, 3.05) is 51.0 Å². The monoisotopic (exact) mass is 482 g/mol. The number of carbonyl (C=O) groups excluding carboxylic acids is 1. The Kier molecular flexibility index (Phi) is 7.57. The number of benzene rings is 1. The molecule has 190 valence electrons. The van der Waals surface area contributed by atoms with Gasteiger partial charge in [0.2, 0.25) is 6.79 Å². The van der Waals surface area contributed by atoms with E-state index in [4.69, 9.17) is 14.2 Å². The van der Waals surface area contributed by atoms with Crippen molar-refractivity contribution in [2.45, 2.75) is 51.5 Å². The van der Waals surface area contributed by atoms with Gasteiger partial charge < -0.3 is 29.3 Å². The molecule has 1 aliphatic carbocycles. The Morgan fingerprint density at radius 2 is 1.83 bits per heavy atom. The molecule has 8 nitrogen and oxygen atoms in total. The van der Waals surface area contributed by atoms with Crippen LogP contribution in [-0.4, -0.2) is 68.0 Å². The van der Waals surface area contributed by atoms with Crippen LogP contribution in [0.5, 0.6) is 17.2 Å². The van der Waals surface area contributed by atoms with E-state index in [-0.39, 0.29) is 14.1 Å². The Labute approximate surface area is 209 Å². The average molecular weight is 483 g/mol. The summed E-state index contributed by atoms with van der Waals surface area (Å²) in [6.07, 6.45) is 8.78. The van der Waals surface area contributed by atoms with Crippen LogP contribution in [0.4, 0.5) is 5.82 Å². The van der Waals surface area contributed by atoms with Crippen LogP contribution in [0.1, 0.15) is 56.4 Å². The number of rotatable bonds is 4. The van der Waals surface area contributed by atoms with E-state index < -0.39 is 0 Å². The first-order valence-corrected chi connectivity index (χ1v) is 13.0. The van der Waals surface area contributed by atoms with Crippen LogP contribution >= 0.6 is 0 Å². The zero-order valence-corrected chi connectivity index (χ0v) is 20.6. The molecule has 3 aliphatic heterocycles. The molecule has 4 aliphatic rings. The van der Waals surface area contributed by atoms with Crippen molar-refractivity contribution in [2.24, 2.45) is 0 Å². The molecule has 0 radical (unpaired) electrons. The summed E-state index contributed by atoms with van der Waals surface area (Å²) in [4.78, 5) is 21.5. The highest BCUT2D eigenvalue weighted by molar-refractivity contribution is 5.95. The molecule has 0 bridgehead atoms. The van der Waals surface area contributed by atoms with Crippen molar-refractivity contribution < 1.29 is 20.4 Å². The molecule has 0 atom stereocenters. The minimum Gasteiger partial charge on any atom is -0.493 e. The number of hydrogen-bond acceptors (Lipinski definition) is 7. The summed E-state index contributed by atoms with van der Waals surface area (Å²) in [5.41, 5.74) is 1.95. The number of anilines is 1. The number of hydrogen-bond donors (Lipinski definition) is 1. The van der Waals surface area contributed by atoms with Crippen molar-refractivity contribution in [3.05, 3.63) is 41.6 Å². The number of ether oxygens (including phenoxy) is 3. The van der Waals surface area contributed by atoms with E-state index in [1.54, 1.807) is 18.2 Å². The number of likely N-dealkylation sites (N-methyl/N-ethyl adjacent to an activating group) is 1. The molecular weight excluding hydrogens is 444 g/mol. The zero-order chi connectivity index (χ0) is 24.0. The van der Waals surface area contributed by atoms with E-state index in [9.17, 15) is 4.79 Å². The van der Waals surface area contributed by atoms with Crippen molar-refractivity contribution in [3.8, 4) is 17.2 Å². The van der Waals surface area contributed by atoms with E-state index in [2.05, 4.69) is 27.0 Å². The molecule has 1 saturated heterocycles. The Bertz CT molecular complexity index is 1020. The average Bonchev–Trinajstić information content (AvgIpc) is 3.59. The first-order chi connectivity index (χ1) is 17.2. The number of nitrogens with zero attached hydrogens (tertiary/aromatic N) is 3. The fraction of sp³-hybridized carbons (Fsp3) is 0.556. The van der Waals surface area contributed by atoms with Crippen molar-refractivity contribution in [1.29, 1.82) is 0 Å². The van der Waals surface area contributed by atoms with Crippen LogP contribution in [-0.2, 0) is 6.42 Å². The number of carbonyl (C=O) groups is 1. The van der Waals surface area contributed by atoms with E-state index in [1.807, 2.05) is 12.3 Å². The Morgan fingerprint density at radius 1 is 1.03 bits per heavy atom.